The molecule has 0 spiro atoms. The summed E-state index contributed by atoms with van der Waals surface area (Å²) in [5.74, 6) is 0.730. The lowest BCUT2D eigenvalue weighted by Gasteiger charge is -2.13. The van der Waals surface area contributed by atoms with Crippen LogP contribution in [-0.2, 0) is 4.74 Å². The largest absolute Gasteiger partial charge is 0.465 e. The first-order valence-corrected chi connectivity index (χ1v) is 8.41. The first-order chi connectivity index (χ1) is 10.8. The zero-order chi connectivity index (χ0) is 15.9. The maximum Gasteiger partial charge on any atom is 0.197 e. The first-order valence-electron chi connectivity index (χ1n) is 8.41. The Balaban J connectivity index is 1.86. The third-order valence-corrected chi connectivity index (χ3v) is 3.49. The molecule has 0 aliphatic rings. The van der Waals surface area contributed by atoms with E-state index in [1.54, 1.807) is 6.08 Å². The minimum absolute atomic E-state index is 0.660. The molecule has 124 valence electrons. The van der Waals surface area contributed by atoms with Crippen molar-refractivity contribution in [2.75, 3.05) is 13.2 Å². The average molecular weight is 306 g/mol. The molecule has 0 fully saturated rings. The number of benzene rings is 1. The van der Waals surface area contributed by atoms with Gasteiger partial charge in [0, 0.05) is 13.0 Å². The maximum absolute atomic E-state index is 9.80. The monoisotopic (exact) mass is 306 g/mol. The SMILES string of the molecule is C=CCOCCCCCCCCCC(O)Oc1ccccc1. The summed E-state index contributed by atoms with van der Waals surface area (Å²) in [7, 11) is 0. The van der Waals surface area contributed by atoms with Crippen molar-refractivity contribution < 1.29 is 14.6 Å². The summed E-state index contributed by atoms with van der Waals surface area (Å²) in [6.45, 7) is 5.12. The molecule has 0 radical (unpaired) electrons. The van der Waals surface area contributed by atoms with Crippen molar-refractivity contribution in [3.63, 3.8) is 0 Å². The molecule has 1 N–H and O–H groups in total. The van der Waals surface area contributed by atoms with E-state index >= 15 is 0 Å². The Kier molecular flexibility index (Phi) is 11.4. The van der Waals surface area contributed by atoms with E-state index < -0.39 is 6.29 Å². The molecule has 1 aromatic rings. The number of hydrogen-bond acceptors (Lipinski definition) is 3. The maximum atomic E-state index is 9.80. The van der Waals surface area contributed by atoms with Crippen molar-refractivity contribution in [2.24, 2.45) is 0 Å². The Labute approximate surface area is 135 Å². The van der Waals surface area contributed by atoms with Gasteiger partial charge in [0.15, 0.2) is 6.29 Å². The van der Waals surface area contributed by atoms with Crippen LogP contribution < -0.4 is 4.74 Å². The van der Waals surface area contributed by atoms with Crippen LogP contribution in [-0.4, -0.2) is 24.6 Å². The van der Waals surface area contributed by atoms with Crippen LogP contribution in [0.3, 0.4) is 0 Å². The highest BCUT2D eigenvalue weighted by molar-refractivity contribution is 5.20. The predicted octanol–water partition coefficient (Wildman–Crippen LogP) is 4.71. The molecule has 0 saturated carbocycles. The van der Waals surface area contributed by atoms with Gasteiger partial charge in [-0.15, -0.1) is 6.58 Å². The van der Waals surface area contributed by atoms with Gasteiger partial charge in [-0.05, 0) is 25.0 Å². The van der Waals surface area contributed by atoms with E-state index in [0.29, 0.717) is 13.0 Å². The molecule has 3 heteroatoms. The standard InChI is InChI=1S/C19H30O3/c1-2-16-21-17-12-7-5-3-4-6-11-15-19(20)22-18-13-9-8-10-14-18/h2,8-10,13-14,19-20H,1,3-7,11-12,15-17H2. The highest BCUT2D eigenvalue weighted by Gasteiger charge is 2.04. The molecule has 22 heavy (non-hydrogen) atoms. The fourth-order valence-corrected chi connectivity index (χ4v) is 2.29. The number of aliphatic hydroxyl groups is 1. The van der Waals surface area contributed by atoms with Crippen LogP contribution in [0.1, 0.15) is 51.4 Å². The molecule has 1 rings (SSSR count). The van der Waals surface area contributed by atoms with E-state index in [9.17, 15) is 5.11 Å². The third kappa shape index (κ3) is 10.4. The molecule has 0 saturated heterocycles. The van der Waals surface area contributed by atoms with Gasteiger partial charge in [0.1, 0.15) is 5.75 Å². The molecule has 0 amide bonds. The van der Waals surface area contributed by atoms with Gasteiger partial charge in [-0.3, -0.25) is 0 Å². The third-order valence-electron chi connectivity index (χ3n) is 3.49. The van der Waals surface area contributed by atoms with Crippen LogP contribution in [0.4, 0.5) is 0 Å². The number of hydrogen-bond donors (Lipinski definition) is 1. The summed E-state index contributed by atoms with van der Waals surface area (Å²) in [6.07, 6.45) is 10.1. The molecular formula is C19H30O3. The van der Waals surface area contributed by atoms with Gasteiger partial charge >= 0.3 is 0 Å². The molecule has 1 atom stereocenters. The lowest BCUT2D eigenvalue weighted by Crippen LogP contribution is -2.15. The van der Waals surface area contributed by atoms with Crippen molar-refractivity contribution >= 4 is 0 Å². The summed E-state index contributed by atoms with van der Waals surface area (Å²) in [5, 5.41) is 9.80. The van der Waals surface area contributed by atoms with Crippen LogP contribution in [0, 0.1) is 0 Å². The summed E-state index contributed by atoms with van der Waals surface area (Å²) < 4.78 is 10.8. The van der Waals surface area contributed by atoms with Crippen LogP contribution >= 0.6 is 0 Å². The highest BCUT2D eigenvalue weighted by Crippen LogP contribution is 2.14. The van der Waals surface area contributed by atoms with Gasteiger partial charge in [-0.1, -0.05) is 56.4 Å². The quantitative estimate of drug-likeness (QED) is 0.307. The average Bonchev–Trinajstić information content (AvgIpc) is 2.53. The lowest BCUT2D eigenvalue weighted by molar-refractivity contribution is -0.0246. The Morgan fingerprint density at radius 1 is 0.955 bits per heavy atom. The summed E-state index contributed by atoms with van der Waals surface area (Å²) >= 11 is 0. The van der Waals surface area contributed by atoms with E-state index in [2.05, 4.69) is 6.58 Å². The second-order valence-corrected chi connectivity index (χ2v) is 5.51. The van der Waals surface area contributed by atoms with E-state index in [-0.39, 0.29) is 0 Å². The number of rotatable bonds is 14. The first kappa shape index (κ1) is 18.7. The fourth-order valence-electron chi connectivity index (χ4n) is 2.29. The topological polar surface area (TPSA) is 38.7 Å². The van der Waals surface area contributed by atoms with E-state index in [1.807, 2.05) is 30.3 Å². The van der Waals surface area contributed by atoms with Gasteiger partial charge in [0.2, 0.25) is 0 Å². The van der Waals surface area contributed by atoms with Gasteiger partial charge < -0.3 is 14.6 Å². The summed E-state index contributed by atoms with van der Waals surface area (Å²) in [6, 6.07) is 9.48. The molecule has 0 bridgehead atoms. The smallest absolute Gasteiger partial charge is 0.197 e. The molecule has 0 aromatic heterocycles. The Morgan fingerprint density at radius 2 is 1.59 bits per heavy atom. The van der Waals surface area contributed by atoms with Crippen molar-refractivity contribution in [1.82, 2.24) is 0 Å². The number of para-hydroxylation sites is 1. The van der Waals surface area contributed by atoms with Crippen molar-refractivity contribution in [3.05, 3.63) is 43.0 Å². The molecule has 1 unspecified atom stereocenters. The second kappa shape index (κ2) is 13.4. The van der Waals surface area contributed by atoms with E-state index in [1.165, 1.54) is 25.7 Å². The van der Waals surface area contributed by atoms with E-state index in [4.69, 9.17) is 9.47 Å². The zero-order valence-corrected chi connectivity index (χ0v) is 13.6. The lowest BCUT2D eigenvalue weighted by atomic mass is 10.1. The van der Waals surface area contributed by atoms with Crippen molar-refractivity contribution in [2.45, 2.75) is 57.7 Å². The number of unbranched alkanes of at least 4 members (excludes halogenated alkanes) is 6. The van der Waals surface area contributed by atoms with Gasteiger partial charge in [0.25, 0.3) is 0 Å². The summed E-state index contributed by atoms with van der Waals surface area (Å²) in [5.41, 5.74) is 0. The van der Waals surface area contributed by atoms with Crippen molar-refractivity contribution in [3.8, 4) is 5.75 Å². The summed E-state index contributed by atoms with van der Waals surface area (Å²) in [4.78, 5) is 0. The highest BCUT2D eigenvalue weighted by atomic mass is 16.6. The van der Waals surface area contributed by atoms with Crippen LogP contribution in [0.5, 0.6) is 5.75 Å². The van der Waals surface area contributed by atoms with Gasteiger partial charge in [-0.2, -0.15) is 0 Å². The molecule has 0 aliphatic carbocycles. The predicted molar refractivity (Wildman–Crippen MR) is 91.0 cm³/mol. The van der Waals surface area contributed by atoms with Gasteiger partial charge in [0.05, 0.1) is 6.61 Å². The Morgan fingerprint density at radius 3 is 2.27 bits per heavy atom. The normalized spacial score (nSPS) is 12.0. The number of ether oxygens (including phenoxy) is 2. The van der Waals surface area contributed by atoms with E-state index in [0.717, 1.165) is 31.6 Å². The molecule has 0 heterocycles. The number of aliphatic hydroxyl groups excluding tert-OH is 1. The molecule has 3 nitrogen and oxygen atoms in total. The van der Waals surface area contributed by atoms with Crippen LogP contribution in [0.2, 0.25) is 0 Å². The Hall–Kier alpha value is -1.32. The molecular weight excluding hydrogens is 276 g/mol. The second-order valence-electron chi connectivity index (χ2n) is 5.51. The Bertz CT molecular complexity index is 364. The minimum atomic E-state index is -0.690. The van der Waals surface area contributed by atoms with Crippen LogP contribution in [0.25, 0.3) is 0 Å². The van der Waals surface area contributed by atoms with Gasteiger partial charge in [-0.25, -0.2) is 0 Å². The molecule has 1 aromatic carbocycles. The minimum Gasteiger partial charge on any atom is -0.465 e. The zero-order valence-electron chi connectivity index (χ0n) is 13.6. The molecule has 0 aliphatic heterocycles. The van der Waals surface area contributed by atoms with Crippen LogP contribution in [0.15, 0.2) is 43.0 Å². The fraction of sp³-hybridized carbons (Fsp3) is 0.579. The van der Waals surface area contributed by atoms with Crippen molar-refractivity contribution in [1.29, 1.82) is 0 Å².